The highest BCUT2D eigenvalue weighted by Crippen LogP contribution is 2.46. The molecule has 174 valence electrons. The average molecular weight is 473 g/mol. The number of methoxy groups -OCH3 is 1. The van der Waals surface area contributed by atoms with Crippen molar-refractivity contribution >= 4 is 29.3 Å². The fourth-order valence-electron chi connectivity index (χ4n) is 3.23. The fourth-order valence-corrected chi connectivity index (χ4v) is 4.16. The summed E-state index contributed by atoms with van der Waals surface area (Å²) in [4.78, 5) is 14.2. The van der Waals surface area contributed by atoms with Crippen LogP contribution in [0.2, 0.25) is 0 Å². The number of benzene rings is 2. The van der Waals surface area contributed by atoms with Crippen molar-refractivity contribution in [2.45, 2.75) is 24.9 Å². The maximum atomic E-state index is 14.0. The van der Waals surface area contributed by atoms with E-state index in [1.165, 1.54) is 63.2 Å². The number of carbonyl (C=O) groups is 1. The lowest BCUT2D eigenvalue weighted by molar-refractivity contribution is -0.152. The maximum Gasteiger partial charge on any atom is 0.420 e. The molecule has 0 unspecified atom stereocenters. The van der Waals surface area contributed by atoms with Crippen LogP contribution in [0.4, 0.5) is 28.9 Å². The number of ether oxygens (including phenoxy) is 2. The van der Waals surface area contributed by atoms with Crippen molar-refractivity contribution in [2.24, 2.45) is 5.41 Å². The van der Waals surface area contributed by atoms with Crippen molar-refractivity contribution in [3.63, 3.8) is 0 Å². The van der Waals surface area contributed by atoms with E-state index in [2.05, 4.69) is 0 Å². The Bertz CT molecular complexity index is 980. The first-order chi connectivity index (χ1) is 14.9. The number of nitrogens with zero attached hydrogens (tertiary/aromatic N) is 2. The van der Waals surface area contributed by atoms with Gasteiger partial charge in [-0.15, -0.1) is 0 Å². The van der Waals surface area contributed by atoms with Crippen LogP contribution in [0.1, 0.15) is 19.4 Å². The summed E-state index contributed by atoms with van der Waals surface area (Å²) in [5, 5.41) is 0. The molecule has 0 spiro atoms. The van der Waals surface area contributed by atoms with Gasteiger partial charge in [0.2, 0.25) is 0 Å². The molecule has 0 aromatic heterocycles. The molecule has 2 aromatic rings. The molecule has 0 radical (unpaired) electrons. The number of rotatable bonds is 5. The summed E-state index contributed by atoms with van der Waals surface area (Å²) in [5.74, 6) is -1.38. The molecule has 2 aromatic carbocycles. The second kappa shape index (κ2) is 9.19. The Morgan fingerprint density at radius 2 is 1.78 bits per heavy atom. The quantitative estimate of drug-likeness (QED) is 0.325. The van der Waals surface area contributed by atoms with Crippen molar-refractivity contribution < 1.29 is 31.8 Å². The highest BCUT2D eigenvalue weighted by Gasteiger charge is 2.38. The van der Waals surface area contributed by atoms with Gasteiger partial charge in [0.25, 0.3) is 0 Å². The lowest BCUT2D eigenvalue weighted by Gasteiger charge is -2.27. The van der Waals surface area contributed by atoms with Crippen molar-refractivity contribution in [1.29, 1.82) is 0 Å². The van der Waals surface area contributed by atoms with Gasteiger partial charge in [0.05, 0.1) is 28.7 Å². The first-order valence-corrected chi connectivity index (χ1v) is 10.6. The summed E-state index contributed by atoms with van der Waals surface area (Å²) in [6.45, 7) is 3.76. The summed E-state index contributed by atoms with van der Waals surface area (Å²) < 4.78 is 67.4. The molecule has 32 heavy (non-hydrogen) atoms. The van der Waals surface area contributed by atoms with Crippen LogP contribution < -0.4 is 9.64 Å². The van der Waals surface area contributed by atoms with E-state index in [1.54, 1.807) is 4.90 Å². The van der Waals surface area contributed by atoms with Gasteiger partial charge in [0.15, 0.2) is 0 Å². The van der Waals surface area contributed by atoms with E-state index >= 15 is 0 Å². The number of alkyl halides is 3. The smallest absolute Gasteiger partial charge is 0.420 e. The molecule has 0 fully saturated rings. The maximum absolute atomic E-state index is 14.0. The highest BCUT2D eigenvalue weighted by atomic mass is 32.2. The Labute approximate surface area is 188 Å². The van der Waals surface area contributed by atoms with Crippen LogP contribution in [0.5, 0.6) is 5.75 Å². The topological polar surface area (TPSA) is 42.0 Å². The van der Waals surface area contributed by atoms with Gasteiger partial charge in [-0.25, -0.2) is 8.70 Å². The van der Waals surface area contributed by atoms with Crippen molar-refractivity contribution in [1.82, 2.24) is 4.31 Å². The van der Waals surface area contributed by atoms with Gasteiger partial charge < -0.3 is 14.4 Å². The lowest BCUT2D eigenvalue weighted by atomic mass is 9.95. The van der Waals surface area contributed by atoms with E-state index in [0.717, 1.165) is 6.07 Å². The SMILES string of the molecule is COC(=O)C(C)(C)COc1cc2c(cc1C(F)(F)F)N(c1ccc(F)cc1)CCN(C)S2. The van der Waals surface area contributed by atoms with Gasteiger partial charge in [-0.05, 0) is 69.2 Å². The van der Waals surface area contributed by atoms with Gasteiger partial charge in [0, 0.05) is 18.8 Å². The van der Waals surface area contributed by atoms with E-state index in [4.69, 9.17) is 9.47 Å². The number of carbonyl (C=O) groups excluding carboxylic acids is 1. The van der Waals surface area contributed by atoms with E-state index in [-0.39, 0.29) is 12.4 Å². The summed E-state index contributed by atoms with van der Waals surface area (Å²) in [6.07, 6.45) is -4.68. The van der Waals surface area contributed by atoms with Gasteiger partial charge in [-0.1, -0.05) is 0 Å². The van der Waals surface area contributed by atoms with Gasteiger partial charge in [-0.3, -0.25) is 4.79 Å². The summed E-state index contributed by atoms with van der Waals surface area (Å²) in [5.41, 5.74) is -1.15. The van der Waals surface area contributed by atoms with E-state index in [0.29, 0.717) is 29.4 Å². The molecule has 0 atom stereocenters. The van der Waals surface area contributed by atoms with Crippen molar-refractivity contribution in [2.75, 3.05) is 38.8 Å². The molecule has 1 aliphatic rings. The van der Waals surface area contributed by atoms with Crippen molar-refractivity contribution in [3.05, 3.63) is 47.8 Å². The zero-order valence-corrected chi connectivity index (χ0v) is 18.9. The Kier molecular flexibility index (Phi) is 6.94. The van der Waals surface area contributed by atoms with Gasteiger partial charge in [0.1, 0.15) is 18.2 Å². The molecule has 0 aliphatic carbocycles. The van der Waals surface area contributed by atoms with E-state index < -0.39 is 28.9 Å². The largest absolute Gasteiger partial charge is 0.492 e. The standard InChI is InChI=1S/C22H24F4N2O3S/c1-21(2,20(29)30-4)13-31-18-12-19-17(11-16(18)22(24,25)26)28(10-9-27(3)32-19)15-7-5-14(23)6-8-15/h5-8,11-12H,9-10,13H2,1-4H3. The monoisotopic (exact) mass is 472 g/mol. The molecule has 0 N–H and O–H groups in total. The number of anilines is 2. The molecule has 5 nitrogen and oxygen atoms in total. The minimum Gasteiger partial charge on any atom is -0.492 e. The number of halogens is 4. The van der Waals surface area contributed by atoms with Crippen LogP contribution in [0.25, 0.3) is 0 Å². The zero-order chi connectivity index (χ0) is 23.7. The molecular formula is C22H24F4N2O3S. The highest BCUT2D eigenvalue weighted by molar-refractivity contribution is 7.97. The third-order valence-corrected chi connectivity index (χ3v) is 6.03. The molecule has 10 heteroatoms. The molecular weight excluding hydrogens is 448 g/mol. The number of esters is 1. The third kappa shape index (κ3) is 5.29. The minimum atomic E-state index is -4.68. The molecule has 3 rings (SSSR count). The number of likely N-dealkylation sites (N-methyl/N-ethyl adjacent to an activating group) is 1. The molecule has 0 amide bonds. The van der Waals surface area contributed by atoms with Crippen LogP contribution in [-0.2, 0) is 15.7 Å². The molecule has 1 aliphatic heterocycles. The first kappa shape index (κ1) is 24.2. The number of fused-ring (bicyclic) bond motifs is 1. The van der Waals surface area contributed by atoms with E-state index in [1.807, 2.05) is 11.4 Å². The molecule has 1 heterocycles. The molecule has 0 saturated heterocycles. The number of hydrogen-bond donors (Lipinski definition) is 0. The van der Waals surface area contributed by atoms with E-state index in [9.17, 15) is 22.4 Å². The van der Waals surface area contributed by atoms with Crippen LogP contribution in [-0.4, -0.2) is 44.1 Å². The Morgan fingerprint density at radius 3 is 2.38 bits per heavy atom. The zero-order valence-electron chi connectivity index (χ0n) is 18.1. The van der Waals surface area contributed by atoms with Gasteiger partial charge >= 0.3 is 12.1 Å². The minimum absolute atomic E-state index is 0.288. The Hall–Kier alpha value is -2.46. The summed E-state index contributed by atoms with van der Waals surface area (Å²) in [6, 6.07) is 8.00. The van der Waals surface area contributed by atoms with Crippen molar-refractivity contribution in [3.8, 4) is 5.75 Å². The predicted molar refractivity (Wildman–Crippen MR) is 115 cm³/mol. The summed E-state index contributed by atoms with van der Waals surface area (Å²) in [7, 11) is 3.05. The number of hydrogen-bond acceptors (Lipinski definition) is 6. The van der Waals surface area contributed by atoms with Gasteiger partial charge in [-0.2, -0.15) is 13.2 Å². The Morgan fingerprint density at radius 1 is 1.12 bits per heavy atom. The van der Waals surface area contributed by atoms with Crippen LogP contribution >= 0.6 is 11.9 Å². The fraction of sp³-hybridized carbons (Fsp3) is 0.409. The average Bonchev–Trinajstić information content (AvgIpc) is 2.88. The van der Waals surface area contributed by atoms with Crippen LogP contribution in [0.3, 0.4) is 0 Å². The lowest BCUT2D eigenvalue weighted by Crippen LogP contribution is -2.32. The van der Waals surface area contributed by atoms with Crippen LogP contribution in [0, 0.1) is 11.2 Å². The summed E-state index contributed by atoms with van der Waals surface area (Å²) >= 11 is 1.29. The molecule has 0 saturated carbocycles. The third-order valence-electron chi connectivity index (χ3n) is 5.01. The second-order valence-electron chi connectivity index (χ2n) is 8.05. The first-order valence-electron chi connectivity index (χ1n) is 9.81. The van der Waals surface area contributed by atoms with Crippen LogP contribution in [0.15, 0.2) is 41.3 Å². The predicted octanol–water partition coefficient (Wildman–Crippen LogP) is 5.51. The second-order valence-corrected chi connectivity index (χ2v) is 9.29. The molecule has 0 bridgehead atoms. The Balaban J connectivity index is 2.07. The normalized spacial score (nSPS) is 15.2.